The van der Waals surface area contributed by atoms with E-state index in [1.807, 2.05) is 0 Å². The van der Waals surface area contributed by atoms with Crippen molar-refractivity contribution in [2.45, 2.75) is 13.5 Å². The zero-order valence-electron chi connectivity index (χ0n) is 14.6. The lowest BCUT2D eigenvalue weighted by Gasteiger charge is -2.24. The number of esters is 1. The summed E-state index contributed by atoms with van der Waals surface area (Å²) < 4.78 is 32.1. The van der Waals surface area contributed by atoms with Crippen molar-refractivity contribution in [1.29, 1.82) is 0 Å². The van der Waals surface area contributed by atoms with Crippen molar-refractivity contribution < 1.29 is 23.1 Å². The van der Waals surface area contributed by atoms with Crippen LogP contribution in [0.3, 0.4) is 0 Å². The van der Waals surface area contributed by atoms with Crippen LogP contribution >= 0.6 is 11.6 Å². The Balaban J connectivity index is 2.14. The molecule has 0 amide bonds. The molecule has 1 aliphatic heterocycles. The minimum Gasteiger partial charge on any atom is -0.510 e. The van der Waals surface area contributed by atoms with E-state index in [-0.39, 0.29) is 18.7 Å². The highest BCUT2D eigenvalue weighted by Crippen LogP contribution is 2.36. The second-order valence-electron chi connectivity index (χ2n) is 5.95. The molecule has 142 valence electrons. The van der Waals surface area contributed by atoms with Gasteiger partial charge in [0.15, 0.2) is 0 Å². The zero-order valence-corrected chi connectivity index (χ0v) is 16.1. The van der Waals surface area contributed by atoms with Gasteiger partial charge in [-0.05, 0) is 30.7 Å². The van der Waals surface area contributed by atoms with Gasteiger partial charge in [0.25, 0.3) is 0 Å². The molecule has 2 aromatic carbocycles. The maximum atomic E-state index is 12.9. The Morgan fingerprint density at radius 1 is 1.19 bits per heavy atom. The Labute approximate surface area is 162 Å². The van der Waals surface area contributed by atoms with E-state index < -0.39 is 27.5 Å². The van der Waals surface area contributed by atoms with Crippen molar-refractivity contribution in [3.05, 3.63) is 70.4 Å². The van der Waals surface area contributed by atoms with Crippen molar-refractivity contribution in [2.75, 3.05) is 16.7 Å². The maximum absolute atomic E-state index is 12.9. The van der Waals surface area contributed by atoms with Gasteiger partial charge in [-0.2, -0.15) is 0 Å². The number of sulfonamides is 1. The fourth-order valence-corrected chi connectivity index (χ4v) is 4.48. The lowest BCUT2D eigenvalue weighted by molar-refractivity contribution is -0.136. The fraction of sp³-hybridized carbons (Fsp3) is 0.211. The zero-order chi connectivity index (χ0) is 19.6. The monoisotopic (exact) mass is 407 g/mol. The Kier molecular flexibility index (Phi) is 5.43. The van der Waals surface area contributed by atoms with E-state index in [0.29, 0.717) is 16.3 Å². The third-order valence-corrected chi connectivity index (χ3v) is 5.99. The van der Waals surface area contributed by atoms with Gasteiger partial charge in [0.1, 0.15) is 17.1 Å². The predicted octanol–water partition coefficient (Wildman–Crippen LogP) is 3.52. The number of anilines is 1. The normalized spacial score (nSPS) is 15.9. The van der Waals surface area contributed by atoms with Crippen LogP contribution < -0.4 is 4.31 Å². The summed E-state index contributed by atoms with van der Waals surface area (Å²) >= 11 is 5.90. The first-order valence-corrected chi connectivity index (χ1v) is 10.3. The Hall–Kier alpha value is -2.51. The number of hydrogen-bond donors (Lipinski definition) is 1. The van der Waals surface area contributed by atoms with E-state index >= 15 is 0 Å². The number of halogens is 1. The fourth-order valence-electron chi connectivity index (χ4n) is 2.90. The molecule has 0 fully saturated rings. The molecular weight excluding hydrogens is 390 g/mol. The summed E-state index contributed by atoms with van der Waals surface area (Å²) in [7, 11) is -3.93. The molecule has 0 atom stereocenters. The van der Waals surface area contributed by atoms with Crippen LogP contribution in [0, 0.1) is 0 Å². The van der Waals surface area contributed by atoms with Crippen molar-refractivity contribution in [2.24, 2.45) is 0 Å². The third kappa shape index (κ3) is 3.94. The van der Waals surface area contributed by atoms with E-state index in [1.165, 1.54) is 4.31 Å². The first-order valence-electron chi connectivity index (χ1n) is 8.27. The number of nitrogens with zero attached hydrogens (tertiary/aromatic N) is 1. The summed E-state index contributed by atoms with van der Waals surface area (Å²) in [6.07, 6.45) is 0. The number of aliphatic hydroxyl groups excluding tert-OH is 1. The van der Waals surface area contributed by atoms with Crippen LogP contribution in [0.15, 0.2) is 54.3 Å². The number of carbonyl (C=O) groups excluding carboxylic acids is 1. The van der Waals surface area contributed by atoms with E-state index in [2.05, 4.69) is 0 Å². The van der Waals surface area contributed by atoms with Crippen LogP contribution in [-0.4, -0.2) is 31.9 Å². The average Bonchev–Trinajstić information content (AvgIpc) is 2.69. The van der Waals surface area contributed by atoms with Crippen LogP contribution in [0.2, 0.25) is 5.02 Å². The molecule has 3 rings (SSSR count). The summed E-state index contributed by atoms with van der Waals surface area (Å²) in [6, 6.07) is 13.3. The number of benzene rings is 2. The summed E-state index contributed by atoms with van der Waals surface area (Å²) in [5.74, 6) is -1.98. The van der Waals surface area contributed by atoms with Gasteiger partial charge in [-0.15, -0.1) is 0 Å². The van der Waals surface area contributed by atoms with Crippen LogP contribution in [0.25, 0.3) is 5.57 Å². The molecule has 0 bridgehead atoms. The van der Waals surface area contributed by atoms with Crippen LogP contribution in [0.1, 0.15) is 18.1 Å². The summed E-state index contributed by atoms with van der Waals surface area (Å²) in [4.78, 5) is 12.4. The highest BCUT2D eigenvalue weighted by atomic mass is 35.5. The first-order chi connectivity index (χ1) is 12.8. The Morgan fingerprint density at radius 3 is 2.52 bits per heavy atom. The van der Waals surface area contributed by atoms with Crippen molar-refractivity contribution in [1.82, 2.24) is 0 Å². The number of para-hydroxylation sites is 1. The molecule has 0 saturated heterocycles. The summed E-state index contributed by atoms with van der Waals surface area (Å²) in [6.45, 7) is 1.79. The Morgan fingerprint density at radius 2 is 1.85 bits per heavy atom. The SMILES string of the molecule is CCOC(=O)C1=C(O)CS(=O)(=O)N(Cc2ccc(Cl)cc2)c2ccccc21. The minimum atomic E-state index is -3.93. The highest BCUT2D eigenvalue weighted by Gasteiger charge is 2.35. The summed E-state index contributed by atoms with van der Waals surface area (Å²) in [5.41, 5.74) is 1.20. The first kappa shape index (κ1) is 19.3. The molecule has 0 radical (unpaired) electrons. The number of fused-ring (bicyclic) bond motifs is 1. The van der Waals surface area contributed by atoms with Gasteiger partial charge in [-0.1, -0.05) is 41.9 Å². The summed E-state index contributed by atoms with van der Waals surface area (Å²) in [5, 5.41) is 10.9. The Bertz CT molecular complexity index is 999. The van der Waals surface area contributed by atoms with Gasteiger partial charge in [-0.3, -0.25) is 4.31 Å². The second-order valence-corrected chi connectivity index (χ2v) is 8.28. The number of hydrogen-bond acceptors (Lipinski definition) is 5. The largest absolute Gasteiger partial charge is 0.510 e. The molecule has 27 heavy (non-hydrogen) atoms. The topological polar surface area (TPSA) is 83.9 Å². The molecule has 1 N–H and O–H groups in total. The molecular formula is C19H18ClNO5S. The number of ether oxygens (including phenoxy) is 1. The van der Waals surface area contributed by atoms with Crippen molar-refractivity contribution in [3.8, 4) is 0 Å². The molecule has 0 aliphatic carbocycles. The van der Waals surface area contributed by atoms with Crippen LogP contribution in [-0.2, 0) is 26.1 Å². The van der Waals surface area contributed by atoms with Crippen LogP contribution in [0.5, 0.6) is 0 Å². The van der Waals surface area contributed by atoms with Gasteiger partial charge >= 0.3 is 5.97 Å². The minimum absolute atomic E-state index is 0.0416. The van der Waals surface area contributed by atoms with Gasteiger partial charge in [0.2, 0.25) is 10.0 Å². The molecule has 0 saturated carbocycles. The molecule has 8 heteroatoms. The van der Waals surface area contributed by atoms with Gasteiger partial charge in [-0.25, -0.2) is 13.2 Å². The van der Waals surface area contributed by atoms with Crippen LogP contribution in [0.4, 0.5) is 5.69 Å². The van der Waals surface area contributed by atoms with E-state index in [1.54, 1.807) is 55.5 Å². The molecule has 1 aliphatic rings. The third-order valence-electron chi connectivity index (χ3n) is 4.10. The molecule has 0 spiro atoms. The predicted molar refractivity (Wildman–Crippen MR) is 104 cm³/mol. The van der Waals surface area contributed by atoms with Gasteiger partial charge in [0, 0.05) is 10.6 Å². The van der Waals surface area contributed by atoms with Crippen molar-refractivity contribution >= 4 is 38.9 Å². The lowest BCUT2D eigenvalue weighted by atomic mass is 10.0. The van der Waals surface area contributed by atoms with E-state index in [9.17, 15) is 18.3 Å². The molecule has 0 aromatic heterocycles. The quantitative estimate of drug-likeness (QED) is 0.784. The van der Waals surface area contributed by atoms with Crippen molar-refractivity contribution in [3.63, 3.8) is 0 Å². The van der Waals surface area contributed by atoms with E-state index in [4.69, 9.17) is 16.3 Å². The smallest absolute Gasteiger partial charge is 0.342 e. The van der Waals surface area contributed by atoms with Gasteiger partial charge < -0.3 is 9.84 Å². The molecule has 1 heterocycles. The second kappa shape index (κ2) is 7.62. The van der Waals surface area contributed by atoms with E-state index in [0.717, 1.165) is 5.56 Å². The number of aliphatic hydroxyl groups is 1. The average molecular weight is 408 g/mol. The number of rotatable bonds is 4. The highest BCUT2D eigenvalue weighted by molar-refractivity contribution is 7.93. The number of carbonyl (C=O) groups is 1. The van der Waals surface area contributed by atoms with Gasteiger partial charge in [0.05, 0.1) is 18.8 Å². The molecule has 6 nitrogen and oxygen atoms in total. The standard InChI is InChI=1S/C19H18ClNO5S/c1-2-26-19(23)18-15-5-3-4-6-16(15)21(27(24,25)12-17(18)22)11-13-7-9-14(20)10-8-13/h3-10,22H,2,11-12H2,1H3. The molecule has 2 aromatic rings. The maximum Gasteiger partial charge on any atom is 0.342 e. The molecule has 0 unspecified atom stereocenters. The lowest BCUT2D eigenvalue weighted by Crippen LogP contribution is -2.32.